The van der Waals surface area contributed by atoms with Crippen molar-refractivity contribution in [1.29, 1.82) is 0 Å². The summed E-state index contributed by atoms with van der Waals surface area (Å²) in [5, 5.41) is 0.759. The van der Waals surface area contributed by atoms with Gasteiger partial charge in [-0.05, 0) is 61.0 Å². The fraction of sp³-hybridized carbons (Fsp3) is 0.100. The summed E-state index contributed by atoms with van der Waals surface area (Å²) in [6, 6.07) is 28.5. The molecule has 7 heteroatoms. The second kappa shape index (κ2) is 10.4. The Morgan fingerprint density at radius 3 is 2.30 bits per heavy atom. The van der Waals surface area contributed by atoms with Crippen molar-refractivity contribution in [3.05, 3.63) is 141 Å². The summed E-state index contributed by atoms with van der Waals surface area (Å²) in [6.07, 6.45) is 0. The molecule has 0 aliphatic carbocycles. The van der Waals surface area contributed by atoms with E-state index < -0.39 is 11.9 Å². The Labute approximate surface area is 218 Å². The smallest absolute Gasteiger partial charge is 0.266 e. The lowest BCUT2D eigenvalue weighted by atomic mass is 10.1. The molecule has 0 N–H and O–H groups in total. The molecule has 0 radical (unpaired) electrons. The maximum atomic E-state index is 13.9. The molecule has 4 aromatic carbocycles. The Morgan fingerprint density at radius 1 is 0.919 bits per heavy atom. The van der Waals surface area contributed by atoms with Crippen LogP contribution in [0.15, 0.2) is 108 Å². The third-order valence-corrected chi connectivity index (χ3v) is 6.62. The minimum atomic E-state index is -0.647. The third kappa shape index (κ3) is 4.88. The molecule has 0 saturated heterocycles. The van der Waals surface area contributed by atoms with E-state index in [-0.39, 0.29) is 18.0 Å². The molecule has 0 fully saturated rings. The summed E-state index contributed by atoms with van der Waals surface area (Å²) in [5.41, 5.74) is 1.92. The van der Waals surface area contributed by atoms with E-state index in [1.54, 1.807) is 47.4 Å². The monoisotopic (exact) mass is 511 g/mol. The molecule has 5 aromatic rings. The van der Waals surface area contributed by atoms with E-state index in [0.29, 0.717) is 33.0 Å². The van der Waals surface area contributed by atoms with Gasteiger partial charge in [0.2, 0.25) is 0 Å². The van der Waals surface area contributed by atoms with Gasteiger partial charge in [0, 0.05) is 6.54 Å². The summed E-state index contributed by atoms with van der Waals surface area (Å²) < 4.78 is 15.2. The number of benzene rings is 4. The van der Waals surface area contributed by atoms with Gasteiger partial charge >= 0.3 is 0 Å². The first-order valence-corrected chi connectivity index (χ1v) is 12.2. The molecule has 0 spiro atoms. The fourth-order valence-corrected chi connectivity index (χ4v) is 4.58. The number of rotatable bonds is 6. The molecule has 0 saturated carbocycles. The van der Waals surface area contributed by atoms with E-state index in [9.17, 15) is 14.0 Å². The van der Waals surface area contributed by atoms with E-state index in [1.807, 2.05) is 43.3 Å². The summed E-state index contributed by atoms with van der Waals surface area (Å²) in [5.74, 6) is -0.360. The lowest BCUT2D eigenvalue weighted by molar-refractivity contribution is 0.0664. The summed E-state index contributed by atoms with van der Waals surface area (Å²) >= 11 is 6.41. The minimum Gasteiger partial charge on any atom is -0.324 e. The first-order chi connectivity index (χ1) is 17.9. The molecule has 1 aromatic heterocycles. The first kappa shape index (κ1) is 24.4. The van der Waals surface area contributed by atoms with Gasteiger partial charge < -0.3 is 4.90 Å². The summed E-state index contributed by atoms with van der Waals surface area (Å²) in [7, 11) is 0. The SMILES string of the molecule is CC(c1nc2ccccc2c(=O)n1-c1ccc(F)cc1)N(Cc1ccccc1)C(=O)c1ccccc1Cl. The minimum absolute atomic E-state index is 0.262. The van der Waals surface area contributed by atoms with Crippen LogP contribution in [0.1, 0.15) is 34.7 Å². The Balaban J connectivity index is 1.71. The van der Waals surface area contributed by atoms with Crippen molar-refractivity contribution in [3.8, 4) is 5.69 Å². The fourth-order valence-electron chi connectivity index (χ4n) is 4.36. The largest absolute Gasteiger partial charge is 0.324 e. The molecule has 0 aliphatic heterocycles. The van der Waals surface area contributed by atoms with Crippen LogP contribution in [-0.2, 0) is 6.54 Å². The van der Waals surface area contributed by atoms with Crippen molar-refractivity contribution in [2.75, 3.05) is 0 Å². The van der Waals surface area contributed by atoms with Crippen LogP contribution < -0.4 is 5.56 Å². The number of carbonyl (C=O) groups excluding carboxylic acids is 1. The van der Waals surface area contributed by atoms with Crippen LogP contribution in [0.3, 0.4) is 0 Å². The van der Waals surface area contributed by atoms with Gasteiger partial charge in [0.15, 0.2) is 0 Å². The van der Waals surface area contributed by atoms with Crippen molar-refractivity contribution in [2.24, 2.45) is 0 Å². The van der Waals surface area contributed by atoms with E-state index in [2.05, 4.69) is 0 Å². The van der Waals surface area contributed by atoms with Crippen LogP contribution in [0.4, 0.5) is 4.39 Å². The number of para-hydroxylation sites is 1. The Bertz CT molecular complexity index is 1640. The van der Waals surface area contributed by atoms with Crippen molar-refractivity contribution in [3.63, 3.8) is 0 Å². The summed E-state index contributed by atoms with van der Waals surface area (Å²) in [4.78, 5) is 34.1. The van der Waals surface area contributed by atoms with Gasteiger partial charge in [0.25, 0.3) is 11.5 Å². The van der Waals surface area contributed by atoms with Gasteiger partial charge in [-0.15, -0.1) is 0 Å². The third-order valence-electron chi connectivity index (χ3n) is 6.29. The number of aromatic nitrogens is 2. The Hall–Kier alpha value is -4.29. The standard InChI is InChI=1S/C30H23ClFN3O2/c1-20(34(19-21-9-3-2-4-10-21)29(36)24-11-5-7-13-26(24)31)28-33-27-14-8-6-12-25(27)30(37)35(28)23-17-15-22(32)16-18-23/h2-18,20H,19H2,1H3. The molecule has 1 unspecified atom stereocenters. The topological polar surface area (TPSA) is 55.2 Å². The van der Waals surface area contributed by atoms with Gasteiger partial charge in [-0.2, -0.15) is 0 Å². The molecular weight excluding hydrogens is 489 g/mol. The number of amides is 1. The normalized spacial score (nSPS) is 11.9. The number of carbonyl (C=O) groups is 1. The van der Waals surface area contributed by atoms with Gasteiger partial charge in [-0.25, -0.2) is 9.37 Å². The first-order valence-electron chi connectivity index (χ1n) is 11.8. The molecule has 5 nitrogen and oxygen atoms in total. The Morgan fingerprint density at radius 2 is 1.57 bits per heavy atom. The van der Waals surface area contributed by atoms with E-state index in [0.717, 1.165) is 5.56 Å². The highest BCUT2D eigenvalue weighted by Crippen LogP contribution is 2.28. The molecule has 5 rings (SSSR count). The second-order valence-corrected chi connectivity index (χ2v) is 9.09. The molecule has 1 atom stereocenters. The van der Waals surface area contributed by atoms with Crippen LogP contribution in [-0.4, -0.2) is 20.4 Å². The van der Waals surface area contributed by atoms with Crippen LogP contribution >= 0.6 is 11.6 Å². The van der Waals surface area contributed by atoms with Crippen molar-refractivity contribution >= 4 is 28.4 Å². The van der Waals surface area contributed by atoms with Gasteiger partial charge in [0.05, 0.1) is 33.2 Å². The number of halogens is 2. The molecule has 0 aliphatic rings. The molecule has 184 valence electrons. The molecule has 1 amide bonds. The van der Waals surface area contributed by atoms with Crippen molar-refractivity contribution < 1.29 is 9.18 Å². The van der Waals surface area contributed by atoms with Gasteiger partial charge in [0.1, 0.15) is 11.6 Å². The maximum Gasteiger partial charge on any atom is 0.266 e. The van der Waals surface area contributed by atoms with E-state index in [4.69, 9.17) is 16.6 Å². The predicted molar refractivity (Wildman–Crippen MR) is 143 cm³/mol. The molecule has 0 bridgehead atoms. The van der Waals surface area contributed by atoms with Crippen LogP contribution in [0, 0.1) is 5.82 Å². The van der Waals surface area contributed by atoms with Crippen molar-refractivity contribution in [2.45, 2.75) is 19.5 Å². The maximum absolute atomic E-state index is 13.9. The lowest BCUT2D eigenvalue weighted by Gasteiger charge is -2.31. The average Bonchev–Trinajstić information content (AvgIpc) is 2.92. The number of hydrogen-bond acceptors (Lipinski definition) is 3. The number of fused-ring (bicyclic) bond motifs is 1. The van der Waals surface area contributed by atoms with Crippen LogP contribution in [0.25, 0.3) is 16.6 Å². The number of hydrogen-bond donors (Lipinski definition) is 0. The van der Waals surface area contributed by atoms with E-state index in [1.165, 1.54) is 28.8 Å². The lowest BCUT2D eigenvalue weighted by Crippen LogP contribution is -2.37. The number of nitrogens with zero attached hydrogens (tertiary/aromatic N) is 3. The highest BCUT2D eigenvalue weighted by molar-refractivity contribution is 6.33. The Kier molecular flexibility index (Phi) is 6.84. The zero-order valence-electron chi connectivity index (χ0n) is 20.0. The average molecular weight is 512 g/mol. The highest BCUT2D eigenvalue weighted by Gasteiger charge is 2.29. The predicted octanol–water partition coefficient (Wildman–Crippen LogP) is 6.58. The van der Waals surface area contributed by atoms with Crippen LogP contribution in [0.5, 0.6) is 0 Å². The van der Waals surface area contributed by atoms with Crippen LogP contribution in [0.2, 0.25) is 5.02 Å². The summed E-state index contributed by atoms with van der Waals surface area (Å²) in [6.45, 7) is 2.09. The molecule has 37 heavy (non-hydrogen) atoms. The molecule has 1 heterocycles. The highest BCUT2D eigenvalue weighted by atomic mass is 35.5. The quantitative estimate of drug-likeness (QED) is 0.259. The van der Waals surface area contributed by atoms with Gasteiger partial charge in [-0.1, -0.05) is 66.2 Å². The van der Waals surface area contributed by atoms with Gasteiger partial charge in [-0.3, -0.25) is 14.2 Å². The van der Waals surface area contributed by atoms with Crippen molar-refractivity contribution in [1.82, 2.24) is 14.5 Å². The zero-order chi connectivity index (χ0) is 25.9. The second-order valence-electron chi connectivity index (χ2n) is 8.68. The zero-order valence-corrected chi connectivity index (χ0v) is 20.8. The van der Waals surface area contributed by atoms with E-state index >= 15 is 0 Å². The molecular formula is C30H23ClFN3O2.